The summed E-state index contributed by atoms with van der Waals surface area (Å²) in [6.07, 6.45) is 2.71. The number of hydrogen-bond donors (Lipinski definition) is 0. The molecule has 0 N–H and O–H groups in total. The molecule has 0 radical (unpaired) electrons. The smallest absolute Gasteiger partial charge is 0.345 e. The van der Waals surface area contributed by atoms with Crippen molar-refractivity contribution in [3.05, 3.63) is 46.6 Å². The number of aldehydes is 1. The van der Waals surface area contributed by atoms with Crippen LogP contribution in [0.1, 0.15) is 12.8 Å². The first kappa shape index (κ1) is 22.1. The summed E-state index contributed by atoms with van der Waals surface area (Å²) >= 11 is 0.874. The van der Waals surface area contributed by atoms with Crippen molar-refractivity contribution in [2.45, 2.75) is 18.9 Å². The number of unbranched alkanes of at least 4 members (excludes halogenated alkanes) is 1. The second-order valence-corrected chi connectivity index (χ2v) is 6.82. The lowest BCUT2D eigenvalue weighted by molar-refractivity contribution is -0.380. The summed E-state index contributed by atoms with van der Waals surface area (Å²) in [5, 5.41) is 27.4. The molecule has 0 amide bonds. The van der Waals surface area contributed by atoms with Gasteiger partial charge in [-0.25, -0.2) is 4.98 Å². The number of anilines is 1. The highest BCUT2D eigenvalue weighted by Crippen LogP contribution is 2.27. The third-order valence-electron chi connectivity index (χ3n) is 3.79. The van der Waals surface area contributed by atoms with Crippen LogP contribution in [-0.4, -0.2) is 48.5 Å². The monoisotopic (exact) mass is 416 g/mol. The molecule has 152 valence electrons. The van der Waals surface area contributed by atoms with Crippen molar-refractivity contribution in [3.8, 4) is 6.07 Å². The highest BCUT2D eigenvalue weighted by Gasteiger charge is 2.15. The molecular weight excluding hydrogens is 396 g/mol. The van der Waals surface area contributed by atoms with E-state index in [1.165, 1.54) is 0 Å². The minimum absolute atomic E-state index is 0.0687. The molecular formula is C18H20N6O4S. The van der Waals surface area contributed by atoms with Crippen molar-refractivity contribution < 1.29 is 14.5 Å². The van der Waals surface area contributed by atoms with Crippen molar-refractivity contribution in [3.63, 3.8) is 0 Å². The molecule has 0 saturated heterocycles. The first-order chi connectivity index (χ1) is 14.1. The predicted molar refractivity (Wildman–Crippen MR) is 107 cm³/mol. The van der Waals surface area contributed by atoms with Gasteiger partial charge in [-0.3, -0.25) is 10.1 Å². The second kappa shape index (κ2) is 12.3. The van der Waals surface area contributed by atoms with E-state index >= 15 is 0 Å². The van der Waals surface area contributed by atoms with Gasteiger partial charge in [0.2, 0.25) is 5.13 Å². The normalized spacial score (nSPS) is 11.8. The van der Waals surface area contributed by atoms with Crippen molar-refractivity contribution in [1.29, 1.82) is 5.26 Å². The maximum absolute atomic E-state index is 11.2. The summed E-state index contributed by atoms with van der Waals surface area (Å²) in [7, 11) is 0. The molecule has 0 bridgehead atoms. The molecule has 0 saturated carbocycles. The van der Waals surface area contributed by atoms with E-state index in [1.54, 1.807) is 0 Å². The molecule has 1 atom stereocenters. The lowest BCUT2D eigenvalue weighted by Crippen LogP contribution is -2.36. The number of nitriles is 1. The van der Waals surface area contributed by atoms with Gasteiger partial charge in [-0.15, -0.1) is 5.11 Å². The average Bonchev–Trinajstić information content (AvgIpc) is 3.22. The first-order valence-corrected chi connectivity index (χ1v) is 9.67. The maximum Gasteiger partial charge on any atom is 0.345 e. The zero-order valence-corrected chi connectivity index (χ0v) is 16.4. The van der Waals surface area contributed by atoms with Crippen LogP contribution in [0, 0.1) is 21.4 Å². The van der Waals surface area contributed by atoms with E-state index in [0.29, 0.717) is 25.9 Å². The van der Waals surface area contributed by atoms with Crippen LogP contribution in [0.2, 0.25) is 0 Å². The first-order valence-electron chi connectivity index (χ1n) is 8.85. The largest absolute Gasteiger partial charge is 0.368 e. The molecule has 10 nitrogen and oxygen atoms in total. The topological polar surface area (TPSA) is 134 Å². The number of azo groups is 1. The molecule has 11 heteroatoms. The molecule has 0 aliphatic carbocycles. The highest BCUT2D eigenvalue weighted by atomic mass is 32.1. The van der Waals surface area contributed by atoms with Crippen LogP contribution in [0.15, 0.2) is 46.8 Å². The maximum atomic E-state index is 11.2. The van der Waals surface area contributed by atoms with Crippen molar-refractivity contribution >= 4 is 33.4 Å². The van der Waals surface area contributed by atoms with E-state index in [-0.39, 0.29) is 16.7 Å². The third kappa shape index (κ3) is 7.73. The van der Waals surface area contributed by atoms with Gasteiger partial charge in [0.25, 0.3) is 0 Å². The lowest BCUT2D eigenvalue weighted by atomic mass is 10.2. The number of carbonyl (C=O) groups is 1. The van der Waals surface area contributed by atoms with E-state index in [4.69, 9.17) is 10.00 Å². The zero-order valence-electron chi connectivity index (χ0n) is 15.6. The lowest BCUT2D eigenvalue weighted by Gasteiger charge is -2.27. The van der Waals surface area contributed by atoms with Crippen molar-refractivity contribution in [1.82, 2.24) is 4.98 Å². The van der Waals surface area contributed by atoms with Gasteiger partial charge in [-0.05, 0) is 36.3 Å². The molecule has 0 aliphatic heterocycles. The van der Waals surface area contributed by atoms with Crippen LogP contribution in [0.4, 0.5) is 15.8 Å². The van der Waals surface area contributed by atoms with Crippen LogP contribution in [0.5, 0.6) is 0 Å². The van der Waals surface area contributed by atoms with Gasteiger partial charge in [-0.1, -0.05) is 18.2 Å². The summed E-state index contributed by atoms with van der Waals surface area (Å²) in [6, 6.07) is 11.5. The van der Waals surface area contributed by atoms with E-state index < -0.39 is 11.0 Å². The summed E-state index contributed by atoms with van der Waals surface area (Å²) in [5.74, 6) is 0. The Morgan fingerprint density at radius 2 is 2.17 bits per heavy atom. The number of rotatable bonds is 13. The quantitative estimate of drug-likeness (QED) is 0.160. The number of carbonyl (C=O) groups excluding carboxylic acids is 1. The Kier molecular flexibility index (Phi) is 9.34. The fourth-order valence-corrected chi connectivity index (χ4v) is 3.02. The fraction of sp³-hybridized carbons (Fsp3) is 0.389. The molecule has 29 heavy (non-hydrogen) atoms. The Balaban J connectivity index is 1.84. The van der Waals surface area contributed by atoms with Gasteiger partial charge in [-0.2, -0.15) is 10.4 Å². The number of para-hydroxylation sites is 1. The van der Waals surface area contributed by atoms with E-state index in [2.05, 4.69) is 15.2 Å². The van der Waals surface area contributed by atoms with E-state index in [1.807, 2.05) is 41.3 Å². The number of benzene rings is 1. The number of nitrogens with zero attached hydrogens (tertiary/aromatic N) is 6. The van der Waals surface area contributed by atoms with Crippen molar-refractivity contribution in [2.75, 3.05) is 31.1 Å². The summed E-state index contributed by atoms with van der Waals surface area (Å²) in [5.41, 5.74) is 0.955. The molecule has 1 aromatic carbocycles. The van der Waals surface area contributed by atoms with E-state index in [9.17, 15) is 14.9 Å². The second-order valence-electron chi connectivity index (χ2n) is 5.84. The molecule has 0 aliphatic rings. The Morgan fingerprint density at radius 3 is 2.83 bits per heavy atom. The van der Waals surface area contributed by atoms with Crippen LogP contribution in [-0.2, 0) is 9.53 Å². The van der Waals surface area contributed by atoms with Gasteiger partial charge in [0, 0.05) is 12.2 Å². The molecule has 1 aromatic heterocycles. The molecule has 2 aromatic rings. The third-order valence-corrected chi connectivity index (χ3v) is 4.62. The Hall–Kier alpha value is -3.23. The number of hydrogen-bond acceptors (Lipinski definition) is 10. The Morgan fingerprint density at radius 1 is 1.38 bits per heavy atom. The summed E-state index contributed by atoms with van der Waals surface area (Å²) < 4.78 is 5.25. The number of nitro groups is 1. The number of thiazole rings is 1. The summed E-state index contributed by atoms with van der Waals surface area (Å²) in [6.45, 7) is 1.33. The van der Waals surface area contributed by atoms with Crippen LogP contribution in [0.3, 0.4) is 0 Å². The minimum Gasteiger partial charge on any atom is -0.368 e. The fourth-order valence-electron chi connectivity index (χ4n) is 2.44. The van der Waals surface area contributed by atoms with E-state index in [0.717, 1.165) is 36.1 Å². The average molecular weight is 416 g/mol. The number of aromatic nitrogens is 1. The highest BCUT2D eigenvalue weighted by molar-refractivity contribution is 7.18. The summed E-state index contributed by atoms with van der Waals surface area (Å²) in [4.78, 5) is 27.2. The van der Waals surface area contributed by atoms with Crippen molar-refractivity contribution in [2.24, 2.45) is 10.2 Å². The van der Waals surface area contributed by atoms with Crippen LogP contribution < -0.4 is 4.90 Å². The molecule has 1 heterocycles. The molecule has 1 unspecified atom stereocenters. The Bertz CT molecular complexity index is 852. The van der Waals surface area contributed by atoms with Gasteiger partial charge in [0.15, 0.2) is 6.29 Å². The van der Waals surface area contributed by atoms with Gasteiger partial charge in [0.1, 0.15) is 18.9 Å². The van der Waals surface area contributed by atoms with Gasteiger partial charge in [0.05, 0.1) is 24.1 Å². The molecule has 0 fully saturated rings. The SMILES string of the molecule is N#CCOC(C=O)CN(CCCCN=Nc1ncc([N+](=O)[O-])s1)c1ccccc1. The standard InChI is InChI=1S/C18H20N6O4S/c19-8-11-28-16(14-25)13-23(15-6-2-1-3-7-15)10-5-4-9-21-22-18-20-12-17(29-18)24(26)27/h1-3,6-7,12,14,16H,4-5,9-11,13H2. The zero-order chi connectivity index (χ0) is 20.9. The molecule has 0 spiro atoms. The van der Waals surface area contributed by atoms with Crippen LogP contribution >= 0.6 is 11.3 Å². The Labute approximate surface area is 171 Å². The molecule has 2 rings (SSSR count). The van der Waals surface area contributed by atoms with Gasteiger partial charge < -0.3 is 14.4 Å². The number of ether oxygens (including phenoxy) is 1. The van der Waals surface area contributed by atoms with Gasteiger partial charge >= 0.3 is 5.00 Å². The minimum atomic E-state index is -0.685. The van der Waals surface area contributed by atoms with Crippen LogP contribution in [0.25, 0.3) is 0 Å². The predicted octanol–water partition coefficient (Wildman–Crippen LogP) is 3.53.